The van der Waals surface area contributed by atoms with E-state index in [-0.39, 0.29) is 11.4 Å². The number of hydrogen-bond donors (Lipinski definition) is 2. The summed E-state index contributed by atoms with van der Waals surface area (Å²) >= 11 is 0. The third-order valence-corrected chi connectivity index (χ3v) is 4.04. The van der Waals surface area contributed by atoms with Gasteiger partial charge in [0.1, 0.15) is 12.4 Å². The lowest BCUT2D eigenvalue weighted by Gasteiger charge is -2.07. The first kappa shape index (κ1) is 15.4. The molecular formula is C12H16N4O4S. The van der Waals surface area contributed by atoms with Crippen LogP contribution in [0.1, 0.15) is 5.89 Å². The van der Waals surface area contributed by atoms with Gasteiger partial charge < -0.3 is 15.0 Å². The van der Waals surface area contributed by atoms with E-state index in [4.69, 9.17) is 15.0 Å². The Morgan fingerprint density at radius 2 is 2.05 bits per heavy atom. The number of sulfonamides is 1. The van der Waals surface area contributed by atoms with Crippen LogP contribution in [0, 0.1) is 0 Å². The van der Waals surface area contributed by atoms with Gasteiger partial charge >= 0.3 is 0 Å². The average molecular weight is 312 g/mol. The van der Waals surface area contributed by atoms with Crippen molar-refractivity contribution in [1.82, 2.24) is 14.9 Å². The third kappa shape index (κ3) is 4.52. The summed E-state index contributed by atoms with van der Waals surface area (Å²) in [6.07, 6.45) is 1.60. The minimum atomic E-state index is -3.57. The Bertz CT molecular complexity index is 640. The smallest absolute Gasteiger partial charge is 0.240 e. The molecule has 1 aromatic carbocycles. The zero-order valence-electron chi connectivity index (χ0n) is 11.2. The lowest BCUT2D eigenvalue weighted by Crippen LogP contribution is -2.26. The Kier molecular flexibility index (Phi) is 5.26. The molecule has 9 heteroatoms. The summed E-state index contributed by atoms with van der Waals surface area (Å²) in [4.78, 5) is 3.97. The van der Waals surface area contributed by atoms with E-state index in [0.29, 0.717) is 31.2 Å². The van der Waals surface area contributed by atoms with Gasteiger partial charge in [-0.05, 0) is 24.3 Å². The highest BCUT2D eigenvalue weighted by atomic mass is 32.2. The minimum Gasteiger partial charge on any atom is -0.492 e. The van der Waals surface area contributed by atoms with E-state index in [9.17, 15) is 8.42 Å². The first-order chi connectivity index (χ1) is 10.1. The van der Waals surface area contributed by atoms with Crippen LogP contribution in [0.15, 0.2) is 40.0 Å². The molecule has 0 fully saturated rings. The molecule has 1 aromatic heterocycles. The van der Waals surface area contributed by atoms with Crippen LogP contribution in [0.5, 0.6) is 5.75 Å². The van der Waals surface area contributed by atoms with E-state index in [0.717, 1.165) is 0 Å². The number of ether oxygens (including phenoxy) is 1. The maximum atomic E-state index is 12.0. The lowest BCUT2D eigenvalue weighted by molar-refractivity contribution is 0.328. The highest BCUT2D eigenvalue weighted by Gasteiger charge is 2.14. The quantitative estimate of drug-likeness (QED) is 0.699. The van der Waals surface area contributed by atoms with Gasteiger partial charge in [0, 0.05) is 19.5 Å². The second-order valence-corrected chi connectivity index (χ2v) is 5.86. The summed E-state index contributed by atoms with van der Waals surface area (Å²) in [5.74, 6) is 0.952. The van der Waals surface area contributed by atoms with Gasteiger partial charge in [0.15, 0.2) is 6.33 Å². The van der Waals surface area contributed by atoms with Crippen LogP contribution in [0.4, 0.5) is 0 Å². The van der Waals surface area contributed by atoms with E-state index >= 15 is 0 Å². The summed E-state index contributed by atoms with van der Waals surface area (Å²) in [5, 5.41) is 3.44. The summed E-state index contributed by atoms with van der Waals surface area (Å²) in [5.41, 5.74) is 5.32. The van der Waals surface area contributed by atoms with Crippen molar-refractivity contribution in [3.63, 3.8) is 0 Å². The number of hydrogen-bond acceptors (Lipinski definition) is 7. The number of nitrogens with one attached hydrogen (secondary N) is 1. The SMILES string of the molecule is NCCOc1ccc(S(=O)(=O)NCCc2ncno2)cc1. The lowest BCUT2D eigenvalue weighted by atomic mass is 10.3. The van der Waals surface area contributed by atoms with E-state index < -0.39 is 10.0 Å². The number of benzene rings is 1. The van der Waals surface area contributed by atoms with Crippen LogP contribution in [0.3, 0.4) is 0 Å². The zero-order chi connectivity index (χ0) is 15.1. The van der Waals surface area contributed by atoms with Gasteiger partial charge in [-0.1, -0.05) is 5.16 Å². The summed E-state index contributed by atoms with van der Waals surface area (Å²) in [7, 11) is -3.57. The number of nitrogens with zero attached hydrogens (tertiary/aromatic N) is 2. The molecule has 0 spiro atoms. The highest BCUT2D eigenvalue weighted by molar-refractivity contribution is 7.89. The Morgan fingerprint density at radius 1 is 1.29 bits per heavy atom. The molecular weight excluding hydrogens is 296 g/mol. The largest absolute Gasteiger partial charge is 0.492 e. The first-order valence-corrected chi connectivity index (χ1v) is 7.78. The molecule has 8 nitrogen and oxygen atoms in total. The zero-order valence-corrected chi connectivity index (χ0v) is 12.0. The standard InChI is InChI=1S/C12H16N4O4S/c13-6-8-19-10-1-3-11(4-2-10)21(17,18)16-7-5-12-14-9-15-20-12/h1-4,9,16H,5-8,13H2. The average Bonchev–Trinajstić information content (AvgIpc) is 2.98. The molecule has 0 saturated carbocycles. The molecule has 0 atom stereocenters. The Balaban J connectivity index is 1.92. The van der Waals surface area contributed by atoms with Crippen LogP contribution >= 0.6 is 0 Å². The summed E-state index contributed by atoms with van der Waals surface area (Å²) in [6.45, 7) is 0.960. The normalized spacial score (nSPS) is 11.5. The van der Waals surface area contributed by atoms with Gasteiger partial charge in [-0.25, -0.2) is 13.1 Å². The van der Waals surface area contributed by atoms with Crippen molar-refractivity contribution in [1.29, 1.82) is 0 Å². The second kappa shape index (κ2) is 7.16. The fourth-order valence-corrected chi connectivity index (χ4v) is 2.61. The Hall–Kier alpha value is -1.97. The van der Waals surface area contributed by atoms with Crippen molar-refractivity contribution >= 4 is 10.0 Å². The fourth-order valence-electron chi connectivity index (χ4n) is 1.57. The van der Waals surface area contributed by atoms with Crippen LogP contribution in [0.25, 0.3) is 0 Å². The minimum absolute atomic E-state index is 0.160. The third-order valence-electron chi connectivity index (χ3n) is 2.56. The molecule has 21 heavy (non-hydrogen) atoms. The molecule has 2 aromatic rings. The predicted octanol–water partition coefficient (Wildman–Crippen LogP) is -0.0719. The molecule has 0 bridgehead atoms. The number of nitrogens with two attached hydrogens (primary N) is 1. The predicted molar refractivity (Wildman–Crippen MR) is 74.2 cm³/mol. The first-order valence-electron chi connectivity index (χ1n) is 6.30. The van der Waals surface area contributed by atoms with E-state index in [1.165, 1.54) is 18.5 Å². The van der Waals surface area contributed by atoms with Gasteiger partial charge in [0.05, 0.1) is 4.90 Å². The molecule has 0 amide bonds. The fraction of sp³-hybridized carbons (Fsp3) is 0.333. The number of rotatable bonds is 8. The van der Waals surface area contributed by atoms with Crippen LogP contribution in [-0.4, -0.2) is 38.3 Å². The van der Waals surface area contributed by atoms with Crippen molar-refractivity contribution in [3.8, 4) is 5.75 Å². The molecule has 0 aliphatic heterocycles. The summed E-state index contributed by atoms with van der Waals surface area (Å²) in [6, 6.07) is 6.12. The molecule has 0 unspecified atom stereocenters. The maximum absolute atomic E-state index is 12.0. The van der Waals surface area contributed by atoms with Gasteiger partial charge in [-0.15, -0.1) is 0 Å². The van der Waals surface area contributed by atoms with Crippen LogP contribution in [-0.2, 0) is 16.4 Å². The van der Waals surface area contributed by atoms with Gasteiger partial charge in [-0.3, -0.25) is 0 Å². The molecule has 1 heterocycles. The molecule has 2 rings (SSSR count). The molecule has 0 aliphatic rings. The Labute approximate surface area is 122 Å². The van der Waals surface area contributed by atoms with E-state index in [2.05, 4.69) is 14.9 Å². The molecule has 3 N–H and O–H groups in total. The van der Waals surface area contributed by atoms with E-state index in [1.807, 2.05) is 0 Å². The maximum Gasteiger partial charge on any atom is 0.240 e. The molecule has 0 saturated heterocycles. The van der Waals surface area contributed by atoms with Gasteiger partial charge in [-0.2, -0.15) is 4.98 Å². The van der Waals surface area contributed by atoms with Crippen molar-refractivity contribution < 1.29 is 17.7 Å². The van der Waals surface area contributed by atoms with Crippen molar-refractivity contribution in [3.05, 3.63) is 36.5 Å². The molecule has 114 valence electrons. The van der Waals surface area contributed by atoms with Crippen molar-refractivity contribution in [2.75, 3.05) is 19.7 Å². The van der Waals surface area contributed by atoms with Gasteiger partial charge in [0.2, 0.25) is 15.9 Å². The van der Waals surface area contributed by atoms with Crippen LogP contribution < -0.4 is 15.2 Å². The van der Waals surface area contributed by atoms with E-state index in [1.54, 1.807) is 12.1 Å². The Morgan fingerprint density at radius 3 is 2.67 bits per heavy atom. The monoisotopic (exact) mass is 312 g/mol. The van der Waals surface area contributed by atoms with Crippen molar-refractivity contribution in [2.45, 2.75) is 11.3 Å². The van der Waals surface area contributed by atoms with Crippen molar-refractivity contribution in [2.24, 2.45) is 5.73 Å². The molecule has 0 aliphatic carbocycles. The van der Waals surface area contributed by atoms with Crippen LogP contribution in [0.2, 0.25) is 0 Å². The second-order valence-electron chi connectivity index (χ2n) is 4.09. The topological polar surface area (TPSA) is 120 Å². The highest BCUT2D eigenvalue weighted by Crippen LogP contribution is 2.15. The summed E-state index contributed by atoms with van der Waals surface area (Å²) < 4.78 is 36.6. The van der Waals surface area contributed by atoms with Gasteiger partial charge in [0.25, 0.3) is 0 Å². The molecule has 0 radical (unpaired) electrons. The number of aromatic nitrogens is 2.